The summed E-state index contributed by atoms with van der Waals surface area (Å²) in [6.07, 6.45) is 0. The minimum Gasteiger partial charge on any atom is -0.485 e. The molecule has 0 unspecified atom stereocenters. The van der Waals surface area contributed by atoms with Crippen molar-refractivity contribution in [3.8, 4) is 5.75 Å². The van der Waals surface area contributed by atoms with Gasteiger partial charge in [0.2, 0.25) is 5.91 Å². The van der Waals surface area contributed by atoms with E-state index in [1.807, 2.05) is 42.7 Å². The van der Waals surface area contributed by atoms with Crippen LogP contribution in [0, 0.1) is 6.92 Å². The Balaban J connectivity index is 1.60. The highest BCUT2D eigenvalue weighted by molar-refractivity contribution is 7.99. The van der Waals surface area contributed by atoms with Gasteiger partial charge < -0.3 is 14.6 Å². The summed E-state index contributed by atoms with van der Waals surface area (Å²) < 4.78 is 7.80. The third-order valence-corrected chi connectivity index (χ3v) is 5.63. The summed E-state index contributed by atoms with van der Waals surface area (Å²) in [7, 11) is 0. The summed E-state index contributed by atoms with van der Waals surface area (Å²) in [5, 5.41) is 12.8. The maximum Gasteiger partial charge on any atom is 0.234 e. The summed E-state index contributed by atoms with van der Waals surface area (Å²) >= 11 is 13.3. The van der Waals surface area contributed by atoms with E-state index in [-0.39, 0.29) is 11.7 Å². The van der Waals surface area contributed by atoms with Crippen LogP contribution in [0.4, 0.5) is 5.69 Å². The predicted molar refractivity (Wildman–Crippen MR) is 117 cm³/mol. The van der Waals surface area contributed by atoms with Crippen molar-refractivity contribution in [2.75, 3.05) is 11.1 Å². The second-order valence-electron chi connectivity index (χ2n) is 6.16. The summed E-state index contributed by atoms with van der Waals surface area (Å²) in [6, 6.07) is 12.7. The molecule has 1 amide bonds. The Hall–Kier alpha value is -2.22. The first kappa shape index (κ1) is 21.5. The van der Waals surface area contributed by atoms with E-state index >= 15 is 0 Å². The van der Waals surface area contributed by atoms with Crippen molar-refractivity contribution in [3.05, 3.63) is 63.9 Å². The van der Waals surface area contributed by atoms with E-state index in [1.165, 1.54) is 11.8 Å². The number of amides is 1. The second-order valence-corrected chi connectivity index (χ2v) is 7.94. The zero-order valence-corrected chi connectivity index (χ0v) is 18.3. The van der Waals surface area contributed by atoms with Crippen molar-refractivity contribution in [1.29, 1.82) is 0 Å². The van der Waals surface area contributed by atoms with Crippen LogP contribution in [0.15, 0.2) is 47.6 Å². The van der Waals surface area contributed by atoms with E-state index in [9.17, 15) is 4.79 Å². The fraction of sp³-hybridized carbons (Fsp3) is 0.250. The van der Waals surface area contributed by atoms with Crippen LogP contribution in [0.5, 0.6) is 5.75 Å². The maximum absolute atomic E-state index is 12.3. The van der Waals surface area contributed by atoms with Crippen molar-refractivity contribution < 1.29 is 9.53 Å². The van der Waals surface area contributed by atoms with Gasteiger partial charge in [-0.15, -0.1) is 10.2 Å². The highest BCUT2D eigenvalue weighted by Gasteiger charge is 2.15. The molecule has 1 N–H and O–H groups in total. The lowest BCUT2D eigenvalue weighted by Gasteiger charge is -2.10. The van der Waals surface area contributed by atoms with Gasteiger partial charge in [0.25, 0.3) is 0 Å². The summed E-state index contributed by atoms with van der Waals surface area (Å²) in [4.78, 5) is 12.3. The number of rotatable bonds is 8. The van der Waals surface area contributed by atoms with Crippen molar-refractivity contribution >= 4 is 46.6 Å². The molecule has 3 aromatic rings. The van der Waals surface area contributed by atoms with Crippen molar-refractivity contribution in [2.24, 2.45) is 0 Å². The van der Waals surface area contributed by atoms with Crippen LogP contribution in [0.1, 0.15) is 18.3 Å². The fourth-order valence-corrected chi connectivity index (χ4v) is 3.78. The molecular formula is C20H20Cl2N4O2S. The number of para-hydroxylation sites is 1. The van der Waals surface area contributed by atoms with Gasteiger partial charge in [-0.3, -0.25) is 4.79 Å². The van der Waals surface area contributed by atoms with E-state index in [1.54, 1.807) is 18.2 Å². The normalized spacial score (nSPS) is 10.8. The molecule has 6 nitrogen and oxygen atoms in total. The van der Waals surface area contributed by atoms with Crippen LogP contribution in [0.2, 0.25) is 10.0 Å². The summed E-state index contributed by atoms with van der Waals surface area (Å²) in [5.41, 5.74) is 1.54. The number of nitrogens with zero attached hydrogens (tertiary/aromatic N) is 3. The number of aromatic nitrogens is 3. The molecule has 0 spiro atoms. The van der Waals surface area contributed by atoms with Gasteiger partial charge in [-0.25, -0.2) is 0 Å². The summed E-state index contributed by atoms with van der Waals surface area (Å²) in [6.45, 7) is 4.96. The number of anilines is 1. The maximum atomic E-state index is 12.3. The molecule has 0 fully saturated rings. The Morgan fingerprint density at radius 3 is 2.76 bits per heavy atom. The predicted octanol–water partition coefficient (Wildman–Crippen LogP) is 5.22. The Morgan fingerprint density at radius 2 is 2.00 bits per heavy atom. The molecule has 0 aliphatic rings. The van der Waals surface area contributed by atoms with E-state index < -0.39 is 0 Å². The monoisotopic (exact) mass is 450 g/mol. The molecule has 1 heterocycles. The van der Waals surface area contributed by atoms with Crippen LogP contribution >= 0.6 is 35.0 Å². The minimum atomic E-state index is -0.206. The zero-order chi connectivity index (χ0) is 20.8. The zero-order valence-electron chi connectivity index (χ0n) is 16.0. The number of hydrogen-bond acceptors (Lipinski definition) is 5. The largest absolute Gasteiger partial charge is 0.485 e. The first-order valence-electron chi connectivity index (χ1n) is 8.96. The van der Waals surface area contributed by atoms with E-state index in [0.29, 0.717) is 39.9 Å². The van der Waals surface area contributed by atoms with Gasteiger partial charge in [0.05, 0.1) is 16.5 Å². The van der Waals surface area contributed by atoms with Gasteiger partial charge in [0, 0.05) is 11.6 Å². The number of aryl methyl sites for hydroxylation is 1. The molecule has 1 aromatic heterocycles. The standard InChI is InChI=1S/C20H20Cl2N4O2S/c1-3-26-18(11-28-17-7-5-4-6-13(17)2)24-25-20(26)29-12-19(27)23-16-10-14(21)8-9-15(16)22/h4-10H,3,11-12H2,1-2H3,(H,23,27). The van der Waals surface area contributed by atoms with Gasteiger partial charge in [-0.2, -0.15) is 0 Å². The lowest BCUT2D eigenvalue weighted by molar-refractivity contribution is -0.113. The van der Waals surface area contributed by atoms with Gasteiger partial charge in [0.1, 0.15) is 12.4 Å². The van der Waals surface area contributed by atoms with Crippen LogP contribution in [-0.4, -0.2) is 26.4 Å². The van der Waals surface area contributed by atoms with Crippen molar-refractivity contribution in [3.63, 3.8) is 0 Å². The van der Waals surface area contributed by atoms with E-state index in [0.717, 1.165) is 11.3 Å². The first-order valence-corrected chi connectivity index (χ1v) is 10.7. The molecule has 3 rings (SSSR count). The van der Waals surface area contributed by atoms with Crippen molar-refractivity contribution in [2.45, 2.75) is 32.2 Å². The highest BCUT2D eigenvalue weighted by atomic mass is 35.5. The SMILES string of the molecule is CCn1c(COc2ccccc2C)nnc1SCC(=O)Nc1cc(Cl)ccc1Cl. The third-order valence-electron chi connectivity index (χ3n) is 4.09. The number of carbonyl (C=O) groups is 1. The molecule has 0 saturated carbocycles. The van der Waals surface area contributed by atoms with E-state index in [4.69, 9.17) is 27.9 Å². The Kier molecular flexibility index (Phi) is 7.41. The molecule has 0 bridgehead atoms. The van der Waals surface area contributed by atoms with Gasteiger partial charge in [0.15, 0.2) is 11.0 Å². The number of thioether (sulfide) groups is 1. The quantitative estimate of drug-likeness (QED) is 0.476. The van der Waals surface area contributed by atoms with Crippen molar-refractivity contribution in [1.82, 2.24) is 14.8 Å². The number of halogens is 2. The topological polar surface area (TPSA) is 69.0 Å². The van der Waals surface area contributed by atoms with Gasteiger partial charge >= 0.3 is 0 Å². The molecule has 0 aliphatic heterocycles. The average Bonchev–Trinajstić information content (AvgIpc) is 3.10. The Labute approximate surface area is 183 Å². The van der Waals surface area contributed by atoms with Crippen LogP contribution in [0.25, 0.3) is 0 Å². The molecular weight excluding hydrogens is 431 g/mol. The highest BCUT2D eigenvalue weighted by Crippen LogP contribution is 2.26. The Bertz CT molecular complexity index is 1010. The van der Waals surface area contributed by atoms with Crippen LogP contribution in [0.3, 0.4) is 0 Å². The molecule has 0 atom stereocenters. The lowest BCUT2D eigenvalue weighted by Crippen LogP contribution is -2.15. The third kappa shape index (κ3) is 5.65. The van der Waals surface area contributed by atoms with Gasteiger partial charge in [-0.1, -0.05) is 53.2 Å². The van der Waals surface area contributed by atoms with Crippen LogP contribution < -0.4 is 10.1 Å². The molecule has 0 aliphatic carbocycles. The van der Waals surface area contributed by atoms with E-state index in [2.05, 4.69) is 15.5 Å². The number of ether oxygens (including phenoxy) is 1. The Morgan fingerprint density at radius 1 is 1.21 bits per heavy atom. The molecule has 152 valence electrons. The molecule has 2 aromatic carbocycles. The minimum absolute atomic E-state index is 0.166. The van der Waals surface area contributed by atoms with Crippen LogP contribution in [-0.2, 0) is 17.9 Å². The molecule has 29 heavy (non-hydrogen) atoms. The average molecular weight is 451 g/mol. The number of carbonyl (C=O) groups excluding carboxylic acids is 1. The lowest BCUT2D eigenvalue weighted by atomic mass is 10.2. The number of benzene rings is 2. The second kappa shape index (κ2) is 10.0. The smallest absolute Gasteiger partial charge is 0.234 e. The first-order chi connectivity index (χ1) is 14.0. The number of nitrogens with one attached hydrogen (secondary N) is 1. The molecule has 9 heteroatoms. The molecule has 0 radical (unpaired) electrons. The molecule has 0 saturated heterocycles. The number of hydrogen-bond donors (Lipinski definition) is 1. The summed E-state index contributed by atoms with van der Waals surface area (Å²) in [5.74, 6) is 1.48. The van der Waals surface area contributed by atoms with Gasteiger partial charge in [-0.05, 0) is 43.7 Å². The fourth-order valence-electron chi connectivity index (χ4n) is 2.62.